The van der Waals surface area contributed by atoms with Crippen LogP contribution in [0.5, 0.6) is 0 Å². The summed E-state index contributed by atoms with van der Waals surface area (Å²) in [4.78, 5) is 12.7. The maximum atomic E-state index is 14.2. The molecule has 1 saturated heterocycles. The van der Waals surface area contributed by atoms with Crippen molar-refractivity contribution in [1.82, 2.24) is 9.13 Å². The molecule has 140 valence electrons. The van der Waals surface area contributed by atoms with Gasteiger partial charge in [0.15, 0.2) is 0 Å². The minimum Gasteiger partial charge on any atom is -0.362 e. The zero-order valence-corrected chi connectivity index (χ0v) is 14.1. The number of aromatic nitrogens is 2. The molecule has 0 N–H and O–H groups in total. The third-order valence-electron chi connectivity index (χ3n) is 4.91. The molecule has 1 fully saturated rings. The highest BCUT2D eigenvalue weighted by molar-refractivity contribution is 5.34. The Bertz CT molecular complexity index is 1090. The van der Waals surface area contributed by atoms with Crippen molar-refractivity contribution in [2.24, 2.45) is 0 Å². The average Bonchev–Trinajstić information content (AvgIpc) is 3.32. The lowest BCUT2D eigenvalue weighted by Gasteiger charge is -2.22. The third-order valence-corrected chi connectivity index (χ3v) is 4.91. The molecule has 0 radical (unpaired) electrons. The van der Waals surface area contributed by atoms with Crippen molar-refractivity contribution in [3.8, 4) is 5.69 Å². The zero-order chi connectivity index (χ0) is 19.3. The first-order valence-corrected chi connectivity index (χ1v) is 8.18. The average molecular weight is 378 g/mol. The van der Waals surface area contributed by atoms with Crippen LogP contribution in [0.2, 0.25) is 0 Å². The van der Waals surface area contributed by atoms with Crippen molar-refractivity contribution < 1.29 is 22.3 Å². The molecule has 27 heavy (non-hydrogen) atoms. The standard InChI is InChI=1S/C19H14F4N2O2/c1-11(19(10-27-19)14-4-2-12(20)8-15(14)22)24-6-7-25(18(24)26)17-5-3-13(21)9-16(17)23/h2-9,11H,10H2,1H3/t11-,19-/m1/s1. The Kier molecular flexibility index (Phi) is 3.96. The molecule has 1 aliphatic rings. The number of imidazole rings is 1. The van der Waals surface area contributed by atoms with E-state index >= 15 is 0 Å². The Balaban J connectivity index is 1.74. The van der Waals surface area contributed by atoms with Gasteiger partial charge in [-0.15, -0.1) is 0 Å². The molecule has 8 heteroatoms. The number of nitrogens with zero attached hydrogens (tertiary/aromatic N) is 2. The topological polar surface area (TPSA) is 39.5 Å². The van der Waals surface area contributed by atoms with E-state index in [2.05, 4.69) is 0 Å². The first kappa shape index (κ1) is 17.5. The molecule has 0 spiro atoms. The van der Waals surface area contributed by atoms with Crippen molar-refractivity contribution in [1.29, 1.82) is 0 Å². The Hall–Kier alpha value is -2.87. The molecule has 0 bridgehead atoms. The van der Waals surface area contributed by atoms with Crippen molar-refractivity contribution in [2.45, 2.75) is 18.6 Å². The highest BCUT2D eigenvalue weighted by Gasteiger charge is 2.54. The summed E-state index contributed by atoms with van der Waals surface area (Å²) >= 11 is 0. The predicted octanol–water partition coefficient (Wildman–Crippen LogP) is 3.68. The van der Waals surface area contributed by atoms with E-state index in [-0.39, 0.29) is 17.9 Å². The second kappa shape index (κ2) is 6.09. The van der Waals surface area contributed by atoms with Crippen LogP contribution in [0, 0.1) is 23.3 Å². The highest BCUT2D eigenvalue weighted by Crippen LogP contribution is 2.48. The van der Waals surface area contributed by atoms with Gasteiger partial charge in [-0.1, -0.05) is 6.07 Å². The van der Waals surface area contributed by atoms with Crippen molar-refractivity contribution >= 4 is 0 Å². The number of epoxide rings is 1. The Morgan fingerprint density at radius 1 is 1.00 bits per heavy atom. The van der Waals surface area contributed by atoms with Gasteiger partial charge in [-0.05, 0) is 25.1 Å². The van der Waals surface area contributed by atoms with Gasteiger partial charge in [-0.2, -0.15) is 0 Å². The van der Waals surface area contributed by atoms with Crippen molar-refractivity contribution in [2.75, 3.05) is 6.61 Å². The quantitative estimate of drug-likeness (QED) is 0.513. The lowest BCUT2D eigenvalue weighted by Crippen LogP contribution is -2.33. The summed E-state index contributed by atoms with van der Waals surface area (Å²) < 4.78 is 62.3. The summed E-state index contributed by atoms with van der Waals surface area (Å²) in [6, 6.07) is 5.41. The zero-order valence-electron chi connectivity index (χ0n) is 14.1. The van der Waals surface area contributed by atoms with Gasteiger partial charge in [-0.25, -0.2) is 22.4 Å². The van der Waals surface area contributed by atoms with Crippen LogP contribution >= 0.6 is 0 Å². The van der Waals surface area contributed by atoms with Gasteiger partial charge in [0, 0.05) is 30.1 Å². The maximum Gasteiger partial charge on any atom is 0.333 e. The van der Waals surface area contributed by atoms with Crippen LogP contribution in [0.25, 0.3) is 5.69 Å². The fraction of sp³-hybridized carbons (Fsp3) is 0.211. The van der Waals surface area contributed by atoms with Gasteiger partial charge >= 0.3 is 5.69 Å². The lowest BCUT2D eigenvalue weighted by molar-refractivity contribution is 0.222. The molecule has 1 aliphatic heterocycles. The van der Waals surface area contributed by atoms with E-state index in [1.165, 1.54) is 23.0 Å². The van der Waals surface area contributed by atoms with Crippen LogP contribution in [0.3, 0.4) is 0 Å². The summed E-state index contributed by atoms with van der Waals surface area (Å²) in [6.45, 7) is 1.81. The van der Waals surface area contributed by atoms with Gasteiger partial charge in [0.2, 0.25) is 0 Å². The first-order chi connectivity index (χ1) is 12.8. The molecule has 0 saturated carbocycles. The fourth-order valence-electron chi connectivity index (χ4n) is 3.30. The molecule has 1 aromatic heterocycles. The SMILES string of the molecule is C[C@@H](n1ccn(-c2ccc(F)cc2F)c1=O)[C@@]1(c2ccc(F)cc2F)CO1. The first-order valence-electron chi connectivity index (χ1n) is 8.18. The Morgan fingerprint density at radius 2 is 1.63 bits per heavy atom. The number of ether oxygens (including phenoxy) is 1. The number of benzene rings is 2. The summed E-state index contributed by atoms with van der Waals surface area (Å²) in [5, 5.41) is 0. The molecule has 0 unspecified atom stereocenters. The van der Waals surface area contributed by atoms with E-state index in [0.717, 1.165) is 28.8 Å². The van der Waals surface area contributed by atoms with Gasteiger partial charge in [0.05, 0.1) is 18.3 Å². The minimum absolute atomic E-state index is 0.105. The smallest absolute Gasteiger partial charge is 0.333 e. The molecule has 4 nitrogen and oxygen atoms in total. The van der Waals surface area contributed by atoms with Gasteiger partial charge in [-0.3, -0.25) is 9.13 Å². The van der Waals surface area contributed by atoms with Crippen LogP contribution < -0.4 is 5.69 Å². The minimum atomic E-state index is -1.12. The summed E-state index contributed by atoms with van der Waals surface area (Å²) in [5.41, 5.74) is -1.67. The number of rotatable bonds is 4. The number of hydrogen-bond acceptors (Lipinski definition) is 2. The van der Waals surface area contributed by atoms with E-state index in [1.54, 1.807) is 6.92 Å². The molecule has 2 aromatic carbocycles. The van der Waals surface area contributed by atoms with Crippen LogP contribution in [0.1, 0.15) is 18.5 Å². The van der Waals surface area contributed by atoms with E-state index < -0.39 is 40.6 Å². The monoisotopic (exact) mass is 378 g/mol. The normalized spacial score (nSPS) is 19.9. The second-order valence-corrected chi connectivity index (χ2v) is 6.43. The Morgan fingerprint density at radius 3 is 2.22 bits per heavy atom. The third kappa shape index (κ3) is 2.76. The predicted molar refractivity (Wildman–Crippen MR) is 88.6 cm³/mol. The molecule has 0 amide bonds. The molecular weight excluding hydrogens is 364 g/mol. The van der Waals surface area contributed by atoms with Gasteiger partial charge in [0.1, 0.15) is 28.9 Å². The molecule has 4 rings (SSSR count). The van der Waals surface area contributed by atoms with Gasteiger partial charge < -0.3 is 4.74 Å². The molecule has 2 atom stereocenters. The summed E-state index contributed by atoms with van der Waals surface area (Å²) in [6.07, 6.45) is 2.76. The van der Waals surface area contributed by atoms with Crippen LogP contribution in [0.4, 0.5) is 17.6 Å². The van der Waals surface area contributed by atoms with Crippen LogP contribution in [-0.2, 0) is 10.3 Å². The van der Waals surface area contributed by atoms with E-state index in [1.807, 2.05) is 0 Å². The van der Waals surface area contributed by atoms with E-state index in [0.29, 0.717) is 6.07 Å². The molecule has 3 aromatic rings. The summed E-state index contributed by atoms with van der Waals surface area (Å²) in [7, 11) is 0. The Labute approximate surface area is 151 Å². The number of hydrogen-bond donors (Lipinski definition) is 0. The van der Waals surface area contributed by atoms with E-state index in [4.69, 9.17) is 4.74 Å². The van der Waals surface area contributed by atoms with Crippen molar-refractivity contribution in [3.63, 3.8) is 0 Å². The molecule has 0 aliphatic carbocycles. The number of halogens is 4. The molecule has 2 heterocycles. The van der Waals surface area contributed by atoms with Crippen LogP contribution in [-0.4, -0.2) is 15.7 Å². The second-order valence-electron chi connectivity index (χ2n) is 6.43. The summed E-state index contributed by atoms with van der Waals surface area (Å²) in [5.74, 6) is -3.12. The van der Waals surface area contributed by atoms with E-state index in [9.17, 15) is 22.4 Å². The highest BCUT2D eigenvalue weighted by atomic mass is 19.1. The maximum absolute atomic E-state index is 14.2. The van der Waals surface area contributed by atoms with Gasteiger partial charge in [0.25, 0.3) is 0 Å². The lowest BCUT2D eigenvalue weighted by atomic mass is 9.92. The molecular formula is C19H14F4N2O2. The van der Waals surface area contributed by atoms with Crippen molar-refractivity contribution in [3.05, 3.63) is 88.1 Å². The largest absolute Gasteiger partial charge is 0.362 e. The fourth-order valence-corrected chi connectivity index (χ4v) is 3.30. The van der Waals surface area contributed by atoms with Crippen LogP contribution in [0.15, 0.2) is 53.6 Å².